The van der Waals surface area contributed by atoms with E-state index in [0.717, 1.165) is 11.3 Å². The van der Waals surface area contributed by atoms with E-state index in [4.69, 9.17) is 5.11 Å². The van der Waals surface area contributed by atoms with Crippen molar-refractivity contribution in [2.45, 2.75) is 17.4 Å². The Morgan fingerprint density at radius 1 is 1.41 bits per heavy atom. The Morgan fingerprint density at radius 2 is 2.24 bits per heavy atom. The van der Waals surface area contributed by atoms with Gasteiger partial charge >= 0.3 is 0 Å². The van der Waals surface area contributed by atoms with E-state index in [1.807, 2.05) is 0 Å². The molecule has 0 saturated heterocycles. The van der Waals surface area contributed by atoms with Gasteiger partial charge in [-0.1, -0.05) is 0 Å². The molecule has 8 heteroatoms. The topological polar surface area (TPSA) is 79.3 Å². The first-order valence-electron chi connectivity index (χ1n) is 4.67. The monoisotopic (exact) mass is 290 g/mol. The van der Waals surface area contributed by atoms with Crippen molar-refractivity contribution >= 4 is 32.7 Å². The fourth-order valence-electron chi connectivity index (χ4n) is 1.14. The van der Waals surface area contributed by atoms with E-state index in [9.17, 15) is 8.42 Å². The average molecular weight is 290 g/mol. The van der Waals surface area contributed by atoms with Crippen molar-refractivity contribution in [1.82, 2.24) is 9.71 Å². The van der Waals surface area contributed by atoms with Crippen LogP contribution in [0.1, 0.15) is 11.3 Å². The highest BCUT2D eigenvalue weighted by molar-refractivity contribution is 7.91. The zero-order chi connectivity index (χ0) is 12.3. The van der Waals surface area contributed by atoms with Gasteiger partial charge in [-0.2, -0.15) is 0 Å². The largest absolute Gasteiger partial charge is 0.392 e. The number of aliphatic hydroxyl groups is 1. The van der Waals surface area contributed by atoms with Crippen LogP contribution in [0.5, 0.6) is 0 Å². The van der Waals surface area contributed by atoms with Crippen LogP contribution in [0.2, 0.25) is 0 Å². The summed E-state index contributed by atoms with van der Waals surface area (Å²) in [5.41, 5.74) is 2.94. The van der Waals surface area contributed by atoms with Gasteiger partial charge in [0.05, 0.1) is 24.4 Å². The molecule has 92 valence electrons. The summed E-state index contributed by atoms with van der Waals surface area (Å²) in [7, 11) is -3.50. The summed E-state index contributed by atoms with van der Waals surface area (Å²) in [5, 5.41) is 12.3. The lowest BCUT2D eigenvalue weighted by Gasteiger charge is -2.01. The molecule has 0 aliphatic rings. The molecule has 0 atom stereocenters. The summed E-state index contributed by atoms with van der Waals surface area (Å²) in [4.78, 5) is 3.99. The van der Waals surface area contributed by atoms with Crippen LogP contribution in [0.25, 0.3) is 0 Å². The van der Waals surface area contributed by atoms with Crippen molar-refractivity contribution in [1.29, 1.82) is 0 Å². The van der Waals surface area contributed by atoms with Crippen molar-refractivity contribution in [2.75, 3.05) is 0 Å². The van der Waals surface area contributed by atoms with Gasteiger partial charge in [0.15, 0.2) is 0 Å². The predicted octanol–water partition coefficient (Wildman–Crippen LogP) is 1.18. The van der Waals surface area contributed by atoms with Gasteiger partial charge in [0, 0.05) is 5.38 Å². The Morgan fingerprint density at radius 3 is 2.82 bits per heavy atom. The molecule has 0 aromatic carbocycles. The fourth-order valence-corrected chi connectivity index (χ4v) is 3.94. The molecular formula is C9H10N2O3S3. The summed E-state index contributed by atoms with van der Waals surface area (Å²) >= 11 is 2.51. The summed E-state index contributed by atoms with van der Waals surface area (Å²) in [6.07, 6.45) is 0. The van der Waals surface area contributed by atoms with Crippen molar-refractivity contribution in [3.05, 3.63) is 33.6 Å². The van der Waals surface area contributed by atoms with Crippen molar-refractivity contribution in [3.63, 3.8) is 0 Å². The molecule has 2 aromatic heterocycles. The van der Waals surface area contributed by atoms with Gasteiger partial charge in [-0.05, 0) is 17.0 Å². The third kappa shape index (κ3) is 3.11. The van der Waals surface area contributed by atoms with E-state index < -0.39 is 10.0 Å². The molecule has 0 unspecified atom stereocenters. The van der Waals surface area contributed by atoms with Gasteiger partial charge in [0.1, 0.15) is 4.21 Å². The minimum atomic E-state index is -3.50. The number of aliphatic hydroxyl groups excluding tert-OH is 1. The molecule has 2 heterocycles. The van der Waals surface area contributed by atoms with Gasteiger partial charge in [0.25, 0.3) is 0 Å². The second-order valence-corrected chi connectivity index (χ2v) is 6.86. The Balaban J connectivity index is 2.08. The normalized spacial score (nSPS) is 11.8. The fraction of sp³-hybridized carbons (Fsp3) is 0.222. The van der Waals surface area contributed by atoms with Crippen LogP contribution < -0.4 is 4.72 Å². The molecule has 0 fully saturated rings. The lowest BCUT2D eigenvalue weighted by atomic mass is 10.4. The van der Waals surface area contributed by atoms with E-state index in [2.05, 4.69) is 9.71 Å². The molecule has 5 nitrogen and oxygen atoms in total. The molecule has 0 aliphatic heterocycles. The highest BCUT2D eigenvalue weighted by Gasteiger charge is 2.16. The molecule has 2 aromatic rings. The molecule has 17 heavy (non-hydrogen) atoms. The lowest BCUT2D eigenvalue weighted by molar-refractivity contribution is 0.282. The second kappa shape index (κ2) is 5.23. The Bertz CT molecular complexity index is 574. The molecule has 2 rings (SSSR count). The molecule has 0 aliphatic carbocycles. The van der Waals surface area contributed by atoms with E-state index in [1.165, 1.54) is 17.4 Å². The molecule has 2 N–H and O–H groups in total. The first-order valence-corrected chi connectivity index (χ1v) is 7.97. The molecule has 0 bridgehead atoms. The highest BCUT2D eigenvalue weighted by Crippen LogP contribution is 2.20. The summed E-state index contributed by atoms with van der Waals surface area (Å²) in [5.74, 6) is 0. The molecular weight excluding hydrogens is 280 g/mol. The summed E-state index contributed by atoms with van der Waals surface area (Å²) in [6.45, 7) is 0.0241. The summed E-state index contributed by atoms with van der Waals surface area (Å²) in [6, 6.07) is 1.47. The van der Waals surface area contributed by atoms with Crippen molar-refractivity contribution < 1.29 is 13.5 Å². The number of aromatic nitrogens is 1. The maximum atomic E-state index is 11.8. The van der Waals surface area contributed by atoms with Crippen LogP contribution in [0.4, 0.5) is 0 Å². The maximum absolute atomic E-state index is 11.8. The third-order valence-corrected chi connectivity index (χ3v) is 5.53. The SMILES string of the molecule is O=S(=O)(NCc1cscn1)c1cc(CO)cs1. The number of sulfonamides is 1. The number of thiophene rings is 1. The third-order valence-electron chi connectivity index (χ3n) is 2.00. The highest BCUT2D eigenvalue weighted by atomic mass is 32.2. The van der Waals surface area contributed by atoms with Gasteiger partial charge in [0.2, 0.25) is 10.0 Å². The van der Waals surface area contributed by atoms with Crippen LogP contribution in [-0.4, -0.2) is 18.5 Å². The zero-order valence-corrected chi connectivity index (χ0v) is 11.1. The minimum absolute atomic E-state index is 0.155. The number of hydrogen-bond acceptors (Lipinski definition) is 6. The maximum Gasteiger partial charge on any atom is 0.250 e. The smallest absolute Gasteiger partial charge is 0.250 e. The van der Waals surface area contributed by atoms with E-state index in [-0.39, 0.29) is 17.4 Å². The van der Waals surface area contributed by atoms with Crippen LogP contribution in [0.3, 0.4) is 0 Å². The molecule has 0 spiro atoms. The Hall–Kier alpha value is -0.800. The second-order valence-electron chi connectivity index (χ2n) is 3.24. The van der Waals surface area contributed by atoms with Gasteiger partial charge in [-0.3, -0.25) is 0 Å². The lowest BCUT2D eigenvalue weighted by Crippen LogP contribution is -2.22. The summed E-state index contributed by atoms with van der Waals surface area (Å²) < 4.78 is 26.4. The number of rotatable bonds is 5. The van der Waals surface area contributed by atoms with Gasteiger partial charge < -0.3 is 5.11 Å². The van der Waals surface area contributed by atoms with Crippen LogP contribution >= 0.6 is 22.7 Å². The Kier molecular flexibility index (Phi) is 3.89. The zero-order valence-electron chi connectivity index (χ0n) is 8.66. The standard InChI is InChI=1S/C9H10N2O3S3/c12-3-7-1-9(16-4-7)17(13,14)11-2-8-5-15-6-10-8/h1,4-6,11-12H,2-3H2. The van der Waals surface area contributed by atoms with Gasteiger partial charge in [-0.15, -0.1) is 22.7 Å². The molecule has 0 saturated carbocycles. The van der Waals surface area contributed by atoms with Crippen molar-refractivity contribution in [2.24, 2.45) is 0 Å². The first-order chi connectivity index (χ1) is 8.12. The number of hydrogen-bond donors (Lipinski definition) is 2. The predicted molar refractivity (Wildman–Crippen MR) is 66.4 cm³/mol. The minimum Gasteiger partial charge on any atom is -0.392 e. The quantitative estimate of drug-likeness (QED) is 0.866. The van der Waals surface area contributed by atoms with Crippen molar-refractivity contribution in [3.8, 4) is 0 Å². The van der Waals surface area contributed by atoms with Crippen LogP contribution in [0.15, 0.2) is 26.5 Å². The Labute approximate surface area is 107 Å². The van der Waals surface area contributed by atoms with E-state index in [1.54, 1.807) is 16.3 Å². The number of thiazole rings is 1. The number of nitrogens with zero attached hydrogens (tertiary/aromatic N) is 1. The molecule has 0 amide bonds. The van der Waals surface area contributed by atoms with Crippen LogP contribution in [-0.2, 0) is 23.2 Å². The first kappa shape index (κ1) is 12.7. The molecule has 0 radical (unpaired) electrons. The van der Waals surface area contributed by atoms with E-state index >= 15 is 0 Å². The van der Waals surface area contributed by atoms with Gasteiger partial charge in [-0.25, -0.2) is 18.1 Å². The van der Waals surface area contributed by atoms with E-state index in [0.29, 0.717) is 11.3 Å². The number of nitrogens with one attached hydrogen (secondary N) is 1. The van der Waals surface area contributed by atoms with Crippen LogP contribution in [0, 0.1) is 0 Å². The average Bonchev–Trinajstić information content (AvgIpc) is 2.98.